The molecule has 0 aliphatic heterocycles. The zero-order chi connectivity index (χ0) is 9.68. The maximum absolute atomic E-state index is 8.79. The summed E-state index contributed by atoms with van der Waals surface area (Å²) in [5, 5.41) is 20.5. The van der Waals surface area contributed by atoms with Crippen LogP contribution in [0.25, 0.3) is 0 Å². The molecule has 0 fully saturated rings. The van der Waals surface area contributed by atoms with E-state index in [1.165, 1.54) is 0 Å². The van der Waals surface area contributed by atoms with Gasteiger partial charge in [0.25, 0.3) is 0 Å². The highest BCUT2D eigenvalue weighted by atomic mass is 16.3. The lowest BCUT2D eigenvalue weighted by molar-refractivity contribution is 0.281. The highest BCUT2D eigenvalue weighted by Gasteiger charge is 2.04. The van der Waals surface area contributed by atoms with Gasteiger partial charge in [-0.05, 0) is 19.1 Å². The SMILES string of the molecule is C[C@@H](CO)Nc1cccnc1C#N. The molecule has 0 aromatic carbocycles. The van der Waals surface area contributed by atoms with Crippen LogP contribution in [0.3, 0.4) is 0 Å². The Hall–Kier alpha value is -1.60. The Kier molecular flexibility index (Phi) is 3.23. The highest BCUT2D eigenvalue weighted by Crippen LogP contribution is 2.11. The first-order chi connectivity index (χ1) is 6.27. The fourth-order valence-corrected chi connectivity index (χ4v) is 0.922. The molecule has 13 heavy (non-hydrogen) atoms. The van der Waals surface area contributed by atoms with Gasteiger partial charge in [0.05, 0.1) is 12.3 Å². The third-order valence-corrected chi connectivity index (χ3v) is 1.59. The van der Waals surface area contributed by atoms with Crippen LogP contribution in [0.5, 0.6) is 0 Å². The number of aliphatic hydroxyl groups is 1. The lowest BCUT2D eigenvalue weighted by Crippen LogP contribution is -2.20. The second-order valence-electron chi connectivity index (χ2n) is 2.74. The summed E-state index contributed by atoms with van der Waals surface area (Å²) in [7, 11) is 0. The van der Waals surface area contributed by atoms with Gasteiger partial charge in [-0.3, -0.25) is 0 Å². The van der Waals surface area contributed by atoms with Gasteiger partial charge in [-0.1, -0.05) is 0 Å². The highest BCUT2D eigenvalue weighted by molar-refractivity contribution is 5.53. The summed E-state index contributed by atoms with van der Waals surface area (Å²) in [6.07, 6.45) is 1.56. The molecule has 0 radical (unpaired) electrons. The summed E-state index contributed by atoms with van der Waals surface area (Å²) < 4.78 is 0. The van der Waals surface area contributed by atoms with Crippen LogP contribution in [-0.2, 0) is 0 Å². The minimum Gasteiger partial charge on any atom is -0.394 e. The fraction of sp³-hybridized carbons (Fsp3) is 0.333. The first kappa shape index (κ1) is 9.49. The summed E-state index contributed by atoms with van der Waals surface area (Å²) >= 11 is 0. The molecule has 0 aliphatic carbocycles. The van der Waals surface area contributed by atoms with Crippen molar-refractivity contribution in [3.8, 4) is 6.07 Å². The second kappa shape index (κ2) is 4.43. The van der Waals surface area contributed by atoms with Gasteiger partial charge in [0.1, 0.15) is 6.07 Å². The standard InChI is InChI=1S/C9H11N3O/c1-7(6-13)12-8-3-2-4-11-9(8)5-10/h2-4,7,12-13H,6H2,1H3/t7-/m0/s1. The number of nitriles is 1. The van der Waals surface area contributed by atoms with E-state index in [0.717, 1.165) is 0 Å². The second-order valence-corrected chi connectivity index (χ2v) is 2.74. The van der Waals surface area contributed by atoms with Gasteiger partial charge in [-0.2, -0.15) is 5.26 Å². The Balaban J connectivity index is 2.82. The minimum atomic E-state index is -0.0729. The van der Waals surface area contributed by atoms with Crippen LogP contribution in [-0.4, -0.2) is 22.7 Å². The van der Waals surface area contributed by atoms with E-state index in [0.29, 0.717) is 11.4 Å². The molecule has 1 rings (SSSR count). The molecule has 0 amide bonds. The number of pyridine rings is 1. The topological polar surface area (TPSA) is 68.9 Å². The quantitative estimate of drug-likeness (QED) is 0.714. The molecule has 0 aliphatic rings. The van der Waals surface area contributed by atoms with Crippen LogP contribution >= 0.6 is 0 Å². The van der Waals surface area contributed by atoms with E-state index in [-0.39, 0.29) is 12.6 Å². The van der Waals surface area contributed by atoms with Gasteiger partial charge < -0.3 is 10.4 Å². The van der Waals surface area contributed by atoms with E-state index >= 15 is 0 Å². The Morgan fingerprint density at radius 3 is 3.15 bits per heavy atom. The van der Waals surface area contributed by atoms with Crippen molar-refractivity contribution in [1.82, 2.24) is 4.98 Å². The summed E-state index contributed by atoms with van der Waals surface area (Å²) in [5.41, 5.74) is 1.01. The van der Waals surface area contributed by atoms with Gasteiger partial charge in [0.15, 0.2) is 5.69 Å². The molecular weight excluding hydrogens is 166 g/mol. The van der Waals surface area contributed by atoms with E-state index in [9.17, 15) is 0 Å². The molecule has 0 bridgehead atoms. The molecule has 2 N–H and O–H groups in total. The molecule has 1 aromatic heterocycles. The molecule has 4 nitrogen and oxygen atoms in total. The Labute approximate surface area is 76.8 Å². The van der Waals surface area contributed by atoms with Gasteiger partial charge in [0, 0.05) is 12.2 Å². The Bertz CT molecular complexity index is 319. The lowest BCUT2D eigenvalue weighted by atomic mass is 10.2. The largest absolute Gasteiger partial charge is 0.394 e. The monoisotopic (exact) mass is 177 g/mol. The van der Waals surface area contributed by atoms with Gasteiger partial charge >= 0.3 is 0 Å². The van der Waals surface area contributed by atoms with Crippen molar-refractivity contribution in [2.45, 2.75) is 13.0 Å². The number of aliphatic hydroxyl groups excluding tert-OH is 1. The summed E-state index contributed by atoms with van der Waals surface area (Å²) in [4.78, 5) is 3.88. The number of aromatic nitrogens is 1. The molecule has 68 valence electrons. The first-order valence-electron chi connectivity index (χ1n) is 4.00. The zero-order valence-electron chi connectivity index (χ0n) is 7.36. The number of nitrogens with zero attached hydrogens (tertiary/aromatic N) is 2. The van der Waals surface area contributed by atoms with Crippen molar-refractivity contribution in [1.29, 1.82) is 5.26 Å². The minimum absolute atomic E-state index is 0.0275. The van der Waals surface area contributed by atoms with Crippen molar-refractivity contribution in [3.63, 3.8) is 0 Å². The number of hydrogen-bond donors (Lipinski definition) is 2. The molecule has 0 unspecified atom stereocenters. The average molecular weight is 177 g/mol. The smallest absolute Gasteiger partial charge is 0.163 e. The van der Waals surface area contributed by atoms with Crippen molar-refractivity contribution < 1.29 is 5.11 Å². The van der Waals surface area contributed by atoms with Crippen molar-refractivity contribution in [3.05, 3.63) is 24.0 Å². The predicted octanol–water partition coefficient (Wildman–Crippen LogP) is 0.746. The third-order valence-electron chi connectivity index (χ3n) is 1.59. The molecule has 1 atom stereocenters. The maximum atomic E-state index is 8.79. The van der Waals surface area contributed by atoms with E-state index in [1.807, 2.05) is 13.0 Å². The molecule has 1 aromatic rings. The van der Waals surface area contributed by atoms with Gasteiger partial charge in [0.2, 0.25) is 0 Å². The van der Waals surface area contributed by atoms with Gasteiger partial charge in [-0.25, -0.2) is 4.98 Å². The van der Waals surface area contributed by atoms with E-state index in [1.54, 1.807) is 18.3 Å². The van der Waals surface area contributed by atoms with E-state index < -0.39 is 0 Å². The molecular formula is C9H11N3O. The number of anilines is 1. The van der Waals surface area contributed by atoms with Crippen molar-refractivity contribution in [2.24, 2.45) is 0 Å². The van der Waals surface area contributed by atoms with Crippen LogP contribution in [0.15, 0.2) is 18.3 Å². The summed E-state index contributed by atoms with van der Waals surface area (Å²) in [6.45, 7) is 1.86. The van der Waals surface area contributed by atoms with Gasteiger partial charge in [-0.15, -0.1) is 0 Å². The maximum Gasteiger partial charge on any atom is 0.163 e. The fourth-order valence-electron chi connectivity index (χ4n) is 0.922. The van der Waals surface area contributed by atoms with E-state index in [4.69, 9.17) is 10.4 Å². The molecule has 1 heterocycles. The first-order valence-corrected chi connectivity index (χ1v) is 4.00. The summed E-state index contributed by atoms with van der Waals surface area (Å²) in [6, 6.07) is 5.40. The van der Waals surface area contributed by atoms with Crippen LogP contribution in [0.4, 0.5) is 5.69 Å². The van der Waals surface area contributed by atoms with E-state index in [2.05, 4.69) is 10.3 Å². The number of nitrogens with one attached hydrogen (secondary N) is 1. The Morgan fingerprint density at radius 1 is 1.77 bits per heavy atom. The predicted molar refractivity (Wildman–Crippen MR) is 49.1 cm³/mol. The molecule has 4 heteroatoms. The van der Waals surface area contributed by atoms with Crippen LogP contribution in [0, 0.1) is 11.3 Å². The van der Waals surface area contributed by atoms with Crippen LogP contribution < -0.4 is 5.32 Å². The average Bonchev–Trinajstić information content (AvgIpc) is 2.18. The number of rotatable bonds is 3. The zero-order valence-corrected chi connectivity index (χ0v) is 7.36. The molecule has 0 saturated carbocycles. The molecule has 0 saturated heterocycles. The van der Waals surface area contributed by atoms with Crippen LogP contribution in [0.2, 0.25) is 0 Å². The molecule has 0 spiro atoms. The normalized spacial score (nSPS) is 11.8. The van der Waals surface area contributed by atoms with Crippen molar-refractivity contribution >= 4 is 5.69 Å². The van der Waals surface area contributed by atoms with Crippen molar-refractivity contribution in [2.75, 3.05) is 11.9 Å². The summed E-state index contributed by atoms with van der Waals surface area (Å²) in [5.74, 6) is 0. The third kappa shape index (κ3) is 2.42. The lowest BCUT2D eigenvalue weighted by Gasteiger charge is -2.12. The Morgan fingerprint density at radius 2 is 2.54 bits per heavy atom. The van der Waals surface area contributed by atoms with Crippen LogP contribution in [0.1, 0.15) is 12.6 Å². The number of hydrogen-bond acceptors (Lipinski definition) is 4.